The number of allylic oxidation sites excluding steroid dienone is 1. The van der Waals surface area contributed by atoms with Crippen molar-refractivity contribution >= 4 is 27.0 Å². The van der Waals surface area contributed by atoms with E-state index in [1.807, 2.05) is 0 Å². The number of carbonyl (C=O) groups is 1. The minimum atomic E-state index is -3.64. The predicted molar refractivity (Wildman–Crippen MR) is 118 cm³/mol. The van der Waals surface area contributed by atoms with E-state index in [1.165, 1.54) is 45.5 Å². The Morgan fingerprint density at radius 1 is 1.22 bits per heavy atom. The molecule has 3 aromatic rings. The van der Waals surface area contributed by atoms with Gasteiger partial charge in [0, 0.05) is 25.2 Å². The molecular formula is C22H23FN4O4S. The van der Waals surface area contributed by atoms with E-state index in [-0.39, 0.29) is 23.5 Å². The number of nitrogens with two attached hydrogens (primary N) is 1. The van der Waals surface area contributed by atoms with E-state index < -0.39 is 21.8 Å². The van der Waals surface area contributed by atoms with E-state index in [0.717, 1.165) is 12.8 Å². The van der Waals surface area contributed by atoms with Crippen LogP contribution in [0.1, 0.15) is 23.2 Å². The van der Waals surface area contributed by atoms with Crippen LogP contribution >= 0.6 is 0 Å². The molecule has 3 N–H and O–H groups in total. The van der Waals surface area contributed by atoms with Crippen molar-refractivity contribution in [2.45, 2.75) is 24.3 Å². The number of fused-ring (bicyclic) bond motifs is 1. The third-order valence-electron chi connectivity index (χ3n) is 5.48. The number of halogens is 1. The van der Waals surface area contributed by atoms with Gasteiger partial charge in [-0.05, 0) is 48.7 Å². The van der Waals surface area contributed by atoms with Gasteiger partial charge in [0.15, 0.2) is 0 Å². The third-order valence-corrected chi connectivity index (χ3v) is 7.38. The third kappa shape index (κ3) is 4.16. The standard InChI is InChI=1S/C22H23FN4O4S/c23-17(6-7-24)13-26-14-25-21-19(11-16(22(28)29)12-20(21)26)15-4-3-5-18(10-15)32(30,31)27-8-1-2-9-27/h3-6,10-12,14H,1-2,7-9,13,24H2,(H,28,29)/b17-6-. The molecule has 1 fully saturated rings. The lowest BCUT2D eigenvalue weighted by atomic mass is 10.0. The lowest BCUT2D eigenvalue weighted by Crippen LogP contribution is -2.27. The number of hydrogen-bond acceptors (Lipinski definition) is 5. The maximum Gasteiger partial charge on any atom is 0.335 e. The molecule has 10 heteroatoms. The molecule has 0 amide bonds. The second kappa shape index (κ2) is 8.81. The quantitative estimate of drug-likeness (QED) is 0.562. The van der Waals surface area contributed by atoms with Gasteiger partial charge in [-0.2, -0.15) is 4.31 Å². The van der Waals surface area contributed by atoms with Crippen molar-refractivity contribution in [3.05, 3.63) is 60.2 Å². The Labute approximate surface area is 184 Å². The van der Waals surface area contributed by atoms with Gasteiger partial charge in [0.05, 0.1) is 34.4 Å². The summed E-state index contributed by atoms with van der Waals surface area (Å²) in [4.78, 5) is 16.3. The first-order valence-corrected chi connectivity index (χ1v) is 11.6. The van der Waals surface area contributed by atoms with Gasteiger partial charge in [0.25, 0.3) is 0 Å². The molecule has 0 atom stereocenters. The highest BCUT2D eigenvalue weighted by Gasteiger charge is 2.27. The Kier molecular flexibility index (Phi) is 6.09. The summed E-state index contributed by atoms with van der Waals surface area (Å²) in [6.45, 7) is 0.872. The zero-order chi connectivity index (χ0) is 22.9. The van der Waals surface area contributed by atoms with Crippen molar-refractivity contribution < 1.29 is 22.7 Å². The van der Waals surface area contributed by atoms with Crippen LogP contribution < -0.4 is 5.73 Å². The fourth-order valence-electron chi connectivity index (χ4n) is 3.89. The van der Waals surface area contributed by atoms with Crippen LogP contribution in [0.3, 0.4) is 0 Å². The normalized spacial score (nSPS) is 15.5. The molecule has 0 spiro atoms. The van der Waals surface area contributed by atoms with Gasteiger partial charge in [0.1, 0.15) is 5.83 Å². The number of hydrogen-bond donors (Lipinski definition) is 2. The second-order valence-electron chi connectivity index (χ2n) is 7.59. The Morgan fingerprint density at radius 2 is 1.97 bits per heavy atom. The highest BCUT2D eigenvalue weighted by Crippen LogP contribution is 2.32. The second-order valence-corrected chi connectivity index (χ2v) is 9.53. The number of benzene rings is 2. The van der Waals surface area contributed by atoms with Gasteiger partial charge in [-0.1, -0.05) is 12.1 Å². The fraction of sp³-hybridized carbons (Fsp3) is 0.273. The van der Waals surface area contributed by atoms with Crippen LogP contribution in [0.4, 0.5) is 4.39 Å². The first kappa shape index (κ1) is 22.1. The summed E-state index contributed by atoms with van der Waals surface area (Å²) in [7, 11) is -3.64. The molecule has 168 valence electrons. The highest BCUT2D eigenvalue weighted by atomic mass is 32.2. The van der Waals surface area contributed by atoms with Crippen molar-refractivity contribution in [3.63, 3.8) is 0 Å². The Bertz CT molecular complexity index is 1310. The van der Waals surface area contributed by atoms with E-state index in [9.17, 15) is 22.7 Å². The monoisotopic (exact) mass is 458 g/mol. The summed E-state index contributed by atoms with van der Waals surface area (Å²) in [6.07, 6.45) is 4.31. The summed E-state index contributed by atoms with van der Waals surface area (Å²) in [5, 5.41) is 9.60. The van der Waals surface area contributed by atoms with Crippen molar-refractivity contribution in [1.82, 2.24) is 13.9 Å². The van der Waals surface area contributed by atoms with Crippen LogP contribution in [0.5, 0.6) is 0 Å². The molecule has 1 aromatic heterocycles. The molecule has 2 aromatic carbocycles. The molecule has 1 aliphatic rings. The Hall–Kier alpha value is -3.08. The SMILES string of the molecule is NC/C=C(\F)Cn1cnc2c(-c3cccc(S(=O)(=O)N4CCCC4)c3)cc(C(=O)O)cc21. The molecule has 8 nitrogen and oxygen atoms in total. The van der Waals surface area contributed by atoms with Crippen molar-refractivity contribution in [1.29, 1.82) is 0 Å². The van der Waals surface area contributed by atoms with E-state index in [0.29, 0.717) is 35.2 Å². The molecule has 2 heterocycles. The predicted octanol–water partition coefficient (Wildman–Crippen LogP) is 3.00. The number of nitrogens with zero attached hydrogens (tertiary/aromatic N) is 3. The molecule has 1 saturated heterocycles. The molecule has 0 aliphatic carbocycles. The summed E-state index contributed by atoms with van der Waals surface area (Å²) >= 11 is 0. The number of sulfonamides is 1. The molecule has 0 radical (unpaired) electrons. The van der Waals surface area contributed by atoms with Crippen molar-refractivity contribution in [2.75, 3.05) is 19.6 Å². The number of imidazole rings is 1. The average Bonchev–Trinajstić information content (AvgIpc) is 3.44. The molecule has 0 unspecified atom stereocenters. The first-order valence-electron chi connectivity index (χ1n) is 10.2. The smallest absolute Gasteiger partial charge is 0.335 e. The lowest BCUT2D eigenvalue weighted by molar-refractivity contribution is 0.0697. The molecule has 0 bridgehead atoms. The number of rotatable bonds is 7. The van der Waals surface area contributed by atoms with Gasteiger partial charge in [-0.3, -0.25) is 0 Å². The van der Waals surface area contributed by atoms with Crippen LogP contribution in [0.2, 0.25) is 0 Å². The molecular weight excluding hydrogens is 435 g/mol. The van der Waals surface area contributed by atoms with Gasteiger partial charge in [-0.15, -0.1) is 0 Å². The Balaban J connectivity index is 1.85. The maximum absolute atomic E-state index is 14.1. The fourth-order valence-corrected chi connectivity index (χ4v) is 5.45. The topological polar surface area (TPSA) is 119 Å². The van der Waals surface area contributed by atoms with Crippen LogP contribution in [-0.4, -0.2) is 53.0 Å². The van der Waals surface area contributed by atoms with Gasteiger partial charge >= 0.3 is 5.97 Å². The first-order chi connectivity index (χ1) is 15.3. The van der Waals surface area contributed by atoms with Crippen LogP contribution in [0.15, 0.2) is 59.5 Å². The molecule has 32 heavy (non-hydrogen) atoms. The number of aromatic nitrogens is 2. The van der Waals surface area contributed by atoms with Crippen LogP contribution in [-0.2, 0) is 16.6 Å². The zero-order valence-corrected chi connectivity index (χ0v) is 18.1. The number of carboxylic acids is 1. The van der Waals surface area contributed by atoms with Crippen molar-refractivity contribution in [3.8, 4) is 11.1 Å². The van der Waals surface area contributed by atoms with E-state index in [4.69, 9.17) is 5.73 Å². The van der Waals surface area contributed by atoms with Gasteiger partial charge in [-0.25, -0.2) is 22.6 Å². The van der Waals surface area contributed by atoms with E-state index >= 15 is 0 Å². The van der Waals surface area contributed by atoms with Gasteiger partial charge < -0.3 is 15.4 Å². The Morgan fingerprint density at radius 3 is 2.66 bits per heavy atom. The van der Waals surface area contributed by atoms with E-state index in [2.05, 4.69) is 4.98 Å². The molecule has 0 saturated carbocycles. The number of carboxylic acid groups (broad SMARTS) is 1. The number of aromatic carboxylic acids is 1. The summed E-state index contributed by atoms with van der Waals surface area (Å²) in [5.74, 6) is -1.62. The lowest BCUT2D eigenvalue weighted by Gasteiger charge is -2.16. The largest absolute Gasteiger partial charge is 0.478 e. The molecule has 4 rings (SSSR count). The average molecular weight is 459 g/mol. The molecule has 1 aliphatic heterocycles. The minimum absolute atomic E-state index is 0.00901. The minimum Gasteiger partial charge on any atom is -0.478 e. The van der Waals surface area contributed by atoms with Crippen LogP contribution in [0.25, 0.3) is 22.2 Å². The summed E-state index contributed by atoms with van der Waals surface area (Å²) in [6, 6.07) is 9.27. The van der Waals surface area contributed by atoms with E-state index in [1.54, 1.807) is 12.1 Å². The van der Waals surface area contributed by atoms with Gasteiger partial charge in [0.2, 0.25) is 10.0 Å². The maximum atomic E-state index is 14.1. The summed E-state index contributed by atoms with van der Waals surface area (Å²) in [5.41, 5.74) is 7.20. The van der Waals surface area contributed by atoms with Crippen molar-refractivity contribution in [2.24, 2.45) is 5.73 Å². The van der Waals surface area contributed by atoms with Crippen LogP contribution in [0, 0.1) is 0 Å². The zero-order valence-electron chi connectivity index (χ0n) is 17.2. The summed E-state index contributed by atoms with van der Waals surface area (Å²) < 4.78 is 43.0. The highest BCUT2D eigenvalue weighted by molar-refractivity contribution is 7.89.